The first kappa shape index (κ1) is 12.4. The van der Waals surface area contributed by atoms with Crippen molar-refractivity contribution in [3.8, 4) is 0 Å². The van der Waals surface area contributed by atoms with Crippen LogP contribution in [0.1, 0.15) is 46.5 Å². The van der Waals surface area contributed by atoms with Crippen molar-refractivity contribution >= 4 is 0 Å². The Bertz CT molecular complexity index is 211. The highest BCUT2D eigenvalue weighted by atomic mass is 15.2. The van der Waals surface area contributed by atoms with Gasteiger partial charge in [-0.1, -0.05) is 13.8 Å². The number of rotatable bonds is 5. The molecular formula is C14H28N2. The van der Waals surface area contributed by atoms with Crippen LogP contribution in [0.4, 0.5) is 0 Å². The molecule has 2 rings (SSSR count). The normalized spacial score (nSPS) is 29.6. The minimum absolute atomic E-state index is 0.635. The molecule has 2 nitrogen and oxygen atoms in total. The molecule has 2 heteroatoms. The van der Waals surface area contributed by atoms with Gasteiger partial charge in [-0.2, -0.15) is 0 Å². The van der Waals surface area contributed by atoms with Crippen molar-refractivity contribution in [2.75, 3.05) is 19.6 Å². The van der Waals surface area contributed by atoms with Crippen LogP contribution in [0.5, 0.6) is 0 Å². The molecule has 2 unspecified atom stereocenters. The van der Waals surface area contributed by atoms with E-state index in [0.29, 0.717) is 6.04 Å². The summed E-state index contributed by atoms with van der Waals surface area (Å²) >= 11 is 0. The van der Waals surface area contributed by atoms with Gasteiger partial charge < -0.3 is 10.2 Å². The van der Waals surface area contributed by atoms with Gasteiger partial charge in [-0.05, 0) is 57.5 Å². The van der Waals surface area contributed by atoms with E-state index in [4.69, 9.17) is 0 Å². The largest absolute Gasteiger partial charge is 0.314 e. The smallest absolute Gasteiger partial charge is 0.00953 e. The predicted molar refractivity (Wildman–Crippen MR) is 69.6 cm³/mol. The molecule has 1 saturated heterocycles. The van der Waals surface area contributed by atoms with Crippen molar-refractivity contribution in [3.63, 3.8) is 0 Å². The van der Waals surface area contributed by atoms with Crippen molar-refractivity contribution in [1.82, 2.24) is 10.2 Å². The molecule has 0 radical (unpaired) electrons. The highest BCUT2D eigenvalue weighted by molar-refractivity contribution is 4.88. The lowest BCUT2D eigenvalue weighted by Gasteiger charge is -2.37. The van der Waals surface area contributed by atoms with Crippen molar-refractivity contribution in [2.45, 2.75) is 58.5 Å². The van der Waals surface area contributed by atoms with E-state index in [1.807, 2.05) is 0 Å². The van der Waals surface area contributed by atoms with Gasteiger partial charge in [0.1, 0.15) is 0 Å². The zero-order valence-electron chi connectivity index (χ0n) is 11.2. The third-order valence-electron chi connectivity index (χ3n) is 4.25. The summed E-state index contributed by atoms with van der Waals surface area (Å²) in [5.74, 6) is 1.91. The Labute approximate surface area is 101 Å². The van der Waals surface area contributed by atoms with E-state index in [1.165, 1.54) is 45.3 Å². The second-order valence-electron chi connectivity index (χ2n) is 6.14. The minimum atomic E-state index is 0.635. The van der Waals surface area contributed by atoms with E-state index in [2.05, 4.69) is 31.0 Å². The average molecular weight is 224 g/mol. The molecule has 1 aliphatic carbocycles. The van der Waals surface area contributed by atoms with Gasteiger partial charge in [-0.15, -0.1) is 0 Å². The summed E-state index contributed by atoms with van der Waals surface area (Å²) in [6, 6.07) is 1.48. The fourth-order valence-electron chi connectivity index (χ4n) is 2.91. The van der Waals surface area contributed by atoms with Crippen LogP contribution in [0.3, 0.4) is 0 Å². The van der Waals surface area contributed by atoms with Gasteiger partial charge in [0.15, 0.2) is 0 Å². The molecule has 1 aliphatic heterocycles. The molecule has 0 aromatic heterocycles. The summed E-state index contributed by atoms with van der Waals surface area (Å²) < 4.78 is 0. The molecule has 2 fully saturated rings. The number of nitrogens with zero attached hydrogens (tertiary/aromatic N) is 1. The Balaban J connectivity index is 1.74. The summed E-state index contributed by atoms with van der Waals surface area (Å²) in [7, 11) is 0. The molecule has 1 heterocycles. The lowest BCUT2D eigenvalue weighted by atomic mass is 9.96. The number of likely N-dealkylation sites (tertiary alicyclic amines) is 1. The molecule has 94 valence electrons. The zero-order chi connectivity index (χ0) is 11.5. The van der Waals surface area contributed by atoms with E-state index >= 15 is 0 Å². The standard InChI is InChI=1S/C14H28N2/c1-11(2)15-9-13-5-4-8-16(10-13)12(3)14-6-7-14/h11-15H,4-10H2,1-3H3. The summed E-state index contributed by atoms with van der Waals surface area (Å²) in [6.07, 6.45) is 5.79. The fourth-order valence-corrected chi connectivity index (χ4v) is 2.91. The molecule has 0 bridgehead atoms. The maximum atomic E-state index is 3.59. The van der Waals surface area contributed by atoms with E-state index in [0.717, 1.165) is 17.9 Å². The maximum Gasteiger partial charge on any atom is 0.00953 e. The Morgan fingerprint density at radius 2 is 1.94 bits per heavy atom. The Kier molecular flexibility index (Phi) is 4.26. The number of nitrogens with one attached hydrogen (secondary N) is 1. The molecule has 0 aromatic rings. The lowest BCUT2D eigenvalue weighted by molar-refractivity contribution is 0.117. The van der Waals surface area contributed by atoms with Gasteiger partial charge >= 0.3 is 0 Å². The Morgan fingerprint density at radius 1 is 1.19 bits per heavy atom. The van der Waals surface area contributed by atoms with Crippen molar-refractivity contribution in [3.05, 3.63) is 0 Å². The predicted octanol–water partition coefficient (Wildman–Crippen LogP) is 2.49. The number of hydrogen-bond donors (Lipinski definition) is 1. The quantitative estimate of drug-likeness (QED) is 0.772. The molecule has 1 N–H and O–H groups in total. The summed E-state index contributed by atoms with van der Waals surface area (Å²) in [4.78, 5) is 2.74. The molecule has 1 saturated carbocycles. The van der Waals surface area contributed by atoms with Gasteiger partial charge in [-0.3, -0.25) is 0 Å². The fraction of sp³-hybridized carbons (Fsp3) is 1.00. The van der Waals surface area contributed by atoms with E-state index in [9.17, 15) is 0 Å². The molecule has 0 amide bonds. The van der Waals surface area contributed by atoms with Crippen molar-refractivity contribution < 1.29 is 0 Å². The van der Waals surface area contributed by atoms with Crippen LogP contribution >= 0.6 is 0 Å². The number of hydrogen-bond acceptors (Lipinski definition) is 2. The van der Waals surface area contributed by atoms with E-state index in [1.54, 1.807) is 0 Å². The van der Waals surface area contributed by atoms with Gasteiger partial charge in [0.2, 0.25) is 0 Å². The van der Waals surface area contributed by atoms with E-state index in [-0.39, 0.29) is 0 Å². The van der Waals surface area contributed by atoms with Crippen molar-refractivity contribution in [1.29, 1.82) is 0 Å². The third-order valence-corrected chi connectivity index (χ3v) is 4.25. The summed E-state index contributed by atoms with van der Waals surface area (Å²) in [5, 5.41) is 3.59. The van der Waals surface area contributed by atoms with Crippen LogP contribution in [0.15, 0.2) is 0 Å². The number of piperidine rings is 1. The van der Waals surface area contributed by atoms with Gasteiger partial charge in [0, 0.05) is 18.6 Å². The second-order valence-corrected chi connectivity index (χ2v) is 6.14. The minimum Gasteiger partial charge on any atom is -0.314 e. The summed E-state index contributed by atoms with van der Waals surface area (Å²) in [6.45, 7) is 10.8. The molecule has 0 spiro atoms. The first-order valence-electron chi connectivity index (χ1n) is 7.14. The zero-order valence-corrected chi connectivity index (χ0v) is 11.2. The van der Waals surface area contributed by atoms with Crippen LogP contribution in [-0.2, 0) is 0 Å². The highest BCUT2D eigenvalue weighted by Gasteiger charge is 2.33. The van der Waals surface area contributed by atoms with Crippen LogP contribution in [0.25, 0.3) is 0 Å². The lowest BCUT2D eigenvalue weighted by Crippen LogP contribution is -2.45. The first-order valence-corrected chi connectivity index (χ1v) is 7.14. The van der Waals surface area contributed by atoms with Crippen molar-refractivity contribution in [2.24, 2.45) is 11.8 Å². The molecular weight excluding hydrogens is 196 g/mol. The average Bonchev–Trinajstić information content (AvgIpc) is 3.09. The van der Waals surface area contributed by atoms with E-state index < -0.39 is 0 Å². The molecule has 2 aliphatic rings. The third kappa shape index (κ3) is 3.46. The Morgan fingerprint density at radius 3 is 2.56 bits per heavy atom. The maximum absolute atomic E-state index is 3.59. The molecule has 16 heavy (non-hydrogen) atoms. The van der Waals surface area contributed by atoms with Crippen LogP contribution in [0.2, 0.25) is 0 Å². The highest BCUT2D eigenvalue weighted by Crippen LogP contribution is 2.36. The molecule has 2 atom stereocenters. The van der Waals surface area contributed by atoms with Crippen LogP contribution < -0.4 is 5.32 Å². The van der Waals surface area contributed by atoms with Crippen LogP contribution in [-0.4, -0.2) is 36.6 Å². The van der Waals surface area contributed by atoms with Gasteiger partial charge in [-0.25, -0.2) is 0 Å². The topological polar surface area (TPSA) is 15.3 Å². The first-order chi connectivity index (χ1) is 7.66. The second kappa shape index (κ2) is 5.50. The summed E-state index contributed by atoms with van der Waals surface area (Å²) in [5.41, 5.74) is 0. The Hall–Kier alpha value is -0.0800. The molecule has 0 aromatic carbocycles. The monoisotopic (exact) mass is 224 g/mol. The SMILES string of the molecule is CC(C)NCC1CCCN(C(C)C2CC2)C1. The van der Waals surface area contributed by atoms with Gasteiger partial charge in [0.05, 0.1) is 0 Å². The van der Waals surface area contributed by atoms with Crippen LogP contribution in [0, 0.1) is 11.8 Å². The van der Waals surface area contributed by atoms with Gasteiger partial charge in [0.25, 0.3) is 0 Å².